The number of piperidine rings is 1. The molecule has 6 rings (SSSR count). The molecule has 0 saturated carbocycles. The number of rotatable bonds is 8. The molecule has 11 nitrogen and oxygen atoms in total. The number of carbonyl (C=O) groups excluding carboxylic acids is 3. The molecular weight excluding hydrogens is 552 g/mol. The molecule has 3 aromatic carbocycles. The third kappa shape index (κ3) is 5.50. The van der Waals surface area contributed by atoms with Gasteiger partial charge < -0.3 is 39.0 Å². The third-order valence-electron chi connectivity index (χ3n) is 8.32. The molecule has 0 aliphatic carbocycles. The molecule has 0 bridgehead atoms. The Morgan fingerprint density at radius 2 is 1.60 bits per heavy atom. The monoisotopic (exact) mass is 586 g/mol. The second-order valence-corrected chi connectivity index (χ2v) is 10.8. The number of methoxy groups -OCH3 is 2. The lowest BCUT2D eigenvalue weighted by Gasteiger charge is -2.43. The Balaban J connectivity index is 1.15. The highest BCUT2D eigenvalue weighted by molar-refractivity contribution is 5.98. The number of nitrogens with zero attached hydrogens (tertiary/aromatic N) is 3. The maximum absolute atomic E-state index is 14.1. The number of anilines is 1. The number of ether oxygens (including phenoxy) is 4. The molecule has 2 saturated heterocycles. The summed E-state index contributed by atoms with van der Waals surface area (Å²) in [6.45, 7) is 1.47. The molecule has 3 heterocycles. The number of nitrogens with one attached hydrogen (secondary N) is 1. The van der Waals surface area contributed by atoms with E-state index in [2.05, 4.69) is 10.2 Å². The number of amides is 3. The lowest BCUT2D eigenvalue weighted by Crippen LogP contribution is -2.57. The van der Waals surface area contributed by atoms with Gasteiger partial charge in [-0.2, -0.15) is 0 Å². The molecule has 224 valence electrons. The van der Waals surface area contributed by atoms with Crippen molar-refractivity contribution in [2.45, 2.75) is 24.9 Å². The van der Waals surface area contributed by atoms with Crippen LogP contribution in [0.1, 0.15) is 28.8 Å². The SMILES string of the molecule is COc1cc(OC)cc(C(=O)N2CCC3(CC2)C(=O)N(CC(=O)NCc2ccc4c(c2)OCO4)CN3c2ccccc2)c1. The first-order valence-electron chi connectivity index (χ1n) is 14.2. The van der Waals surface area contributed by atoms with Crippen LogP contribution in [0.3, 0.4) is 0 Å². The van der Waals surface area contributed by atoms with Crippen molar-refractivity contribution in [1.29, 1.82) is 0 Å². The molecule has 0 radical (unpaired) electrons. The zero-order chi connectivity index (χ0) is 30.0. The van der Waals surface area contributed by atoms with Crippen LogP contribution in [0, 0.1) is 0 Å². The second kappa shape index (κ2) is 11.7. The number of para-hydroxylation sites is 1. The van der Waals surface area contributed by atoms with Crippen molar-refractivity contribution in [3.05, 3.63) is 77.9 Å². The topological polar surface area (TPSA) is 110 Å². The Morgan fingerprint density at radius 1 is 0.907 bits per heavy atom. The summed E-state index contributed by atoms with van der Waals surface area (Å²) in [5.74, 6) is 1.89. The Kier molecular flexibility index (Phi) is 7.71. The van der Waals surface area contributed by atoms with E-state index < -0.39 is 5.54 Å². The number of hydrogen-bond acceptors (Lipinski definition) is 8. The fourth-order valence-corrected chi connectivity index (χ4v) is 6.00. The van der Waals surface area contributed by atoms with E-state index in [-0.39, 0.29) is 37.7 Å². The Morgan fingerprint density at radius 3 is 2.30 bits per heavy atom. The van der Waals surface area contributed by atoms with Gasteiger partial charge in [0, 0.05) is 37.0 Å². The Bertz CT molecular complexity index is 1500. The quantitative estimate of drug-likeness (QED) is 0.429. The normalized spacial score (nSPS) is 16.9. The fourth-order valence-electron chi connectivity index (χ4n) is 6.00. The third-order valence-corrected chi connectivity index (χ3v) is 8.32. The minimum Gasteiger partial charge on any atom is -0.497 e. The van der Waals surface area contributed by atoms with Gasteiger partial charge in [0.1, 0.15) is 23.6 Å². The number of likely N-dealkylation sites (tertiary alicyclic amines) is 1. The summed E-state index contributed by atoms with van der Waals surface area (Å²) in [6.07, 6.45) is 0.867. The van der Waals surface area contributed by atoms with Crippen LogP contribution in [-0.4, -0.2) is 80.4 Å². The summed E-state index contributed by atoms with van der Waals surface area (Å²) < 4.78 is 21.5. The smallest absolute Gasteiger partial charge is 0.254 e. The molecule has 3 aliphatic rings. The van der Waals surface area contributed by atoms with Crippen molar-refractivity contribution < 1.29 is 33.3 Å². The van der Waals surface area contributed by atoms with E-state index in [1.54, 1.807) is 42.2 Å². The van der Waals surface area contributed by atoms with Crippen molar-refractivity contribution in [2.75, 3.05) is 52.2 Å². The molecule has 3 amide bonds. The van der Waals surface area contributed by atoms with Gasteiger partial charge in [-0.1, -0.05) is 24.3 Å². The molecular formula is C32H34N4O7. The van der Waals surface area contributed by atoms with Gasteiger partial charge >= 0.3 is 0 Å². The number of fused-ring (bicyclic) bond motifs is 1. The Hall–Kier alpha value is -4.93. The minimum atomic E-state index is -0.859. The predicted octanol–water partition coefficient (Wildman–Crippen LogP) is 3.03. The maximum Gasteiger partial charge on any atom is 0.254 e. The molecule has 1 N–H and O–H groups in total. The molecule has 3 aromatic rings. The van der Waals surface area contributed by atoms with Crippen LogP contribution in [0.2, 0.25) is 0 Å². The predicted molar refractivity (Wildman–Crippen MR) is 157 cm³/mol. The highest BCUT2D eigenvalue weighted by Crippen LogP contribution is 2.40. The zero-order valence-electron chi connectivity index (χ0n) is 24.2. The van der Waals surface area contributed by atoms with E-state index in [1.807, 2.05) is 48.5 Å². The van der Waals surface area contributed by atoms with E-state index in [4.69, 9.17) is 18.9 Å². The molecule has 2 fully saturated rings. The highest BCUT2D eigenvalue weighted by Gasteiger charge is 2.54. The van der Waals surface area contributed by atoms with Crippen LogP contribution in [0.5, 0.6) is 23.0 Å². The summed E-state index contributed by atoms with van der Waals surface area (Å²) in [5.41, 5.74) is 1.38. The van der Waals surface area contributed by atoms with E-state index in [0.717, 1.165) is 11.3 Å². The van der Waals surface area contributed by atoms with Crippen LogP contribution in [0.25, 0.3) is 0 Å². The van der Waals surface area contributed by atoms with Crippen molar-refractivity contribution in [3.63, 3.8) is 0 Å². The summed E-state index contributed by atoms with van der Waals surface area (Å²) in [4.78, 5) is 46.0. The van der Waals surface area contributed by atoms with E-state index in [0.29, 0.717) is 61.0 Å². The van der Waals surface area contributed by atoms with E-state index in [9.17, 15) is 14.4 Å². The number of benzene rings is 3. The van der Waals surface area contributed by atoms with Crippen molar-refractivity contribution in [2.24, 2.45) is 0 Å². The Labute approximate surface area is 249 Å². The van der Waals surface area contributed by atoms with Gasteiger partial charge in [0.15, 0.2) is 11.5 Å². The van der Waals surface area contributed by atoms with Gasteiger partial charge in [-0.3, -0.25) is 14.4 Å². The van der Waals surface area contributed by atoms with Crippen LogP contribution < -0.4 is 29.2 Å². The first-order chi connectivity index (χ1) is 20.9. The zero-order valence-corrected chi connectivity index (χ0v) is 24.2. The van der Waals surface area contributed by atoms with E-state index in [1.165, 1.54) is 0 Å². The summed E-state index contributed by atoms with van der Waals surface area (Å²) in [5, 5.41) is 2.92. The van der Waals surface area contributed by atoms with Gasteiger partial charge in [-0.25, -0.2) is 0 Å². The summed E-state index contributed by atoms with van der Waals surface area (Å²) in [7, 11) is 3.09. The van der Waals surface area contributed by atoms with Crippen LogP contribution in [0.4, 0.5) is 5.69 Å². The molecule has 11 heteroatoms. The molecule has 0 aromatic heterocycles. The van der Waals surface area contributed by atoms with E-state index >= 15 is 0 Å². The molecule has 0 atom stereocenters. The van der Waals surface area contributed by atoms with Gasteiger partial charge in [0.05, 0.1) is 20.9 Å². The molecule has 0 unspecified atom stereocenters. The van der Waals surface area contributed by atoms with Crippen LogP contribution in [0.15, 0.2) is 66.7 Å². The average molecular weight is 587 g/mol. The summed E-state index contributed by atoms with van der Waals surface area (Å²) in [6, 6.07) is 20.4. The van der Waals surface area contributed by atoms with Gasteiger partial charge in [-0.05, 0) is 54.8 Å². The standard InChI is InChI=1S/C32H34N4O7/c1-40-25-15-23(16-26(17-25)41-2)30(38)34-12-10-32(11-13-34)31(39)35(20-36(32)24-6-4-3-5-7-24)19-29(37)33-18-22-8-9-27-28(14-22)43-21-42-27/h3-9,14-17H,10-13,18-21H2,1-2H3,(H,33,37). The van der Waals surface area contributed by atoms with Crippen molar-refractivity contribution in [1.82, 2.24) is 15.1 Å². The first-order valence-corrected chi connectivity index (χ1v) is 14.2. The second-order valence-electron chi connectivity index (χ2n) is 10.8. The first kappa shape index (κ1) is 28.2. The number of hydrogen-bond donors (Lipinski definition) is 1. The molecule has 1 spiro atoms. The number of carbonyl (C=O) groups is 3. The maximum atomic E-state index is 14.1. The molecule has 3 aliphatic heterocycles. The lowest BCUT2D eigenvalue weighted by molar-refractivity contribution is -0.137. The van der Waals surface area contributed by atoms with Crippen LogP contribution in [-0.2, 0) is 16.1 Å². The average Bonchev–Trinajstić information content (AvgIpc) is 3.62. The summed E-state index contributed by atoms with van der Waals surface area (Å²) >= 11 is 0. The largest absolute Gasteiger partial charge is 0.497 e. The van der Waals surface area contributed by atoms with Gasteiger partial charge in [0.2, 0.25) is 12.7 Å². The van der Waals surface area contributed by atoms with Crippen molar-refractivity contribution in [3.8, 4) is 23.0 Å². The van der Waals surface area contributed by atoms with Crippen molar-refractivity contribution >= 4 is 23.4 Å². The van der Waals surface area contributed by atoms with Crippen LogP contribution >= 0.6 is 0 Å². The lowest BCUT2D eigenvalue weighted by atomic mass is 9.85. The molecule has 43 heavy (non-hydrogen) atoms. The fraction of sp³-hybridized carbons (Fsp3) is 0.344. The van der Waals surface area contributed by atoms with Gasteiger partial charge in [-0.15, -0.1) is 0 Å². The van der Waals surface area contributed by atoms with Gasteiger partial charge in [0.25, 0.3) is 11.8 Å². The highest BCUT2D eigenvalue weighted by atomic mass is 16.7. The minimum absolute atomic E-state index is 0.0687.